The summed E-state index contributed by atoms with van der Waals surface area (Å²) in [5, 5.41) is 4.12. The van der Waals surface area contributed by atoms with Gasteiger partial charge in [0.2, 0.25) is 11.7 Å². The number of nitrogens with zero attached hydrogens (tertiary/aromatic N) is 4. The standard InChI is InChI=1S/C21H19F3N4O3/c22-21(23,24)14-3-4-18(25-13-14)27-7-9-28(10-8-27)19(29)20(5-6-20)17-12-16(31-26-17)15-2-1-11-30-15/h1-4,11-13H,5-10H2. The minimum absolute atomic E-state index is 0.00632. The Balaban J connectivity index is 1.24. The van der Waals surface area contributed by atoms with Gasteiger partial charge in [-0.25, -0.2) is 4.98 Å². The van der Waals surface area contributed by atoms with Crippen LogP contribution in [0, 0.1) is 0 Å². The van der Waals surface area contributed by atoms with E-state index in [0.717, 1.165) is 12.3 Å². The molecule has 0 N–H and O–H groups in total. The lowest BCUT2D eigenvalue weighted by atomic mass is 9.99. The second kappa shape index (κ2) is 7.14. The zero-order valence-electron chi connectivity index (χ0n) is 16.4. The van der Waals surface area contributed by atoms with Crippen LogP contribution in [0.4, 0.5) is 19.0 Å². The van der Waals surface area contributed by atoms with Crippen LogP contribution in [-0.2, 0) is 16.4 Å². The Labute approximate surface area is 175 Å². The molecule has 0 bridgehead atoms. The van der Waals surface area contributed by atoms with Gasteiger partial charge in [0.25, 0.3) is 0 Å². The van der Waals surface area contributed by atoms with Crippen LogP contribution in [0.3, 0.4) is 0 Å². The summed E-state index contributed by atoms with van der Waals surface area (Å²) in [6.45, 7) is 1.92. The third kappa shape index (κ3) is 3.55. The van der Waals surface area contributed by atoms with E-state index >= 15 is 0 Å². The predicted molar refractivity (Wildman–Crippen MR) is 103 cm³/mol. The topological polar surface area (TPSA) is 75.6 Å². The highest BCUT2D eigenvalue weighted by Gasteiger charge is 2.55. The largest absolute Gasteiger partial charge is 0.461 e. The summed E-state index contributed by atoms with van der Waals surface area (Å²) in [4.78, 5) is 20.9. The molecule has 0 spiro atoms. The Hall–Kier alpha value is -3.30. The fraction of sp³-hybridized carbons (Fsp3) is 0.381. The minimum atomic E-state index is -4.41. The molecule has 3 aromatic heterocycles. The summed E-state index contributed by atoms with van der Waals surface area (Å²) in [6, 6.07) is 7.67. The first-order valence-corrected chi connectivity index (χ1v) is 9.95. The van der Waals surface area contributed by atoms with Crippen LogP contribution in [0.2, 0.25) is 0 Å². The predicted octanol–water partition coefficient (Wildman–Crippen LogP) is 3.73. The lowest BCUT2D eigenvalue weighted by Crippen LogP contribution is -2.51. The second-order valence-corrected chi connectivity index (χ2v) is 7.82. The first kappa shape index (κ1) is 19.7. The molecule has 31 heavy (non-hydrogen) atoms. The number of alkyl halides is 3. The van der Waals surface area contributed by atoms with Gasteiger partial charge in [0.1, 0.15) is 5.82 Å². The zero-order valence-corrected chi connectivity index (χ0v) is 16.4. The van der Waals surface area contributed by atoms with E-state index in [9.17, 15) is 18.0 Å². The molecule has 10 heteroatoms. The number of pyridine rings is 1. The lowest BCUT2D eigenvalue weighted by molar-refractivity contribution is -0.138. The Morgan fingerprint density at radius 3 is 2.42 bits per heavy atom. The van der Waals surface area contributed by atoms with Crippen LogP contribution in [0.25, 0.3) is 11.5 Å². The van der Waals surface area contributed by atoms with Crippen molar-refractivity contribution in [2.75, 3.05) is 31.1 Å². The number of carbonyl (C=O) groups is 1. The molecule has 3 aromatic rings. The van der Waals surface area contributed by atoms with E-state index in [4.69, 9.17) is 8.94 Å². The summed E-state index contributed by atoms with van der Waals surface area (Å²) < 4.78 is 48.9. The zero-order chi connectivity index (χ0) is 21.6. The SMILES string of the molecule is O=C(N1CCN(c2ccc(C(F)(F)F)cn2)CC1)C1(c2cc(-c3ccco3)on2)CC1. The van der Waals surface area contributed by atoms with Gasteiger partial charge in [0, 0.05) is 38.4 Å². The molecule has 0 radical (unpaired) electrons. The van der Waals surface area contributed by atoms with E-state index in [1.807, 2.05) is 4.90 Å². The van der Waals surface area contributed by atoms with Crippen molar-refractivity contribution in [3.63, 3.8) is 0 Å². The van der Waals surface area contributed by atoms with Crippen molar-refractivity contribution in [1.82, 2.24) is 15.0 Å². The number of amides is 1. The number of rotatable bonds is 4. The molecule has 2 fully saturated rings. The van der Waals surface area contributed by atoms with E-state index in [2.05, 4.69) is 10.1 Å². The van der Waals surface area contributed by atoms with Crippen LogP contribution < -0.4 is 4.90 Å². The highest BCUT2D eigenvalue weighted by molar-refractivity contribution is 5.91. The molecule has 1 amide bonds. The number of carbonyl (C=O) groups excluding carboxylic acids is 1. The van der Waals surface area contributed by atoms with E-state index in [1.165, 1.54) is 6.07 Å². The molecule has 4 heterocycles. The third-order valence-electron chi connectivity index (χ3n) is 5.89. The molecule has 1 aliphatic carbocycles. The maximum Gasteiger partial charge on any atom is 0.417 e. The molecule has 162 valence electrons. The monoisotopic (exact) mass is 432 g/mol. The number of aromatic nitrogens is 2. The fourth-order valence-corrected chi connectivity index (χ4v) is 3.92. The van der Waals surface area contributed by atoms with Gasteiger partial charge in [-0.2, -0.15) is 13.2 Å². The lowest BCUT2D eigenvalue weighted by Gasteiger charge is -2.37. The molecular weight excluding hydrogens is 413 g/mol. The molecule has 0 unspecified atom stereocenters. The average molecular weight is 432 g/mol. The number of hydrogen-bond donors (Lipinski definition) is 0. The van der Waals surface area contributed by atoms with Gasteiger partial charge in [-0.3, -0.25) is 4.79 Å². The molecule has 1 saturated heterocycles. The average Bonchev–Trinajstić information content (AvgIpc) is 3.17. The van der Waals surface area contributed by atoms with Crippen molar-refractivity contribution in [3.05, 3.63) is 54.0 Å². The fourth-order valence-electron chi connectivity index (χ4n) is 3.92. The van der Waals surface area contributed by atoms with Crippen molar-refractivity contribution in [1.29, 1.82) is 0 Å². The summed E-state index contributed by atoms with van der Waals surface area (Å²) in [5.41, 5.74) is -0.832. The maximum absolute atomic E-state index is 13.2. The van der Waals surface area contributed by atoms with Gasteiger partial charge in [-0.05, 0) is 37.1 Å². The Kier molecular flexibility index (Phi) is 4.53. The van der Waals surface area contributed by atoms with Gasteiger partial charge in [0.15, 0.2) is 5.76 Å². The van der Waals surface area contributed by atoms with E-state index in [0.29, 0.717) is 62.1 Å². The number of furan rings is 1. The summed E-state index contributed by atoms with van der Waals surface area (Å²) in [7, 11) is 0. The van der Waals surface area contributed by atoms with Gasteiger partial charge >= 0.3 is 6.18 Å². The van der Waals surface area contributed by atoms with Crippen molar-refractivity contribution in [3.8, 4) is 11.5 Å². The molecule has 5 rings (SSSR count). The second-order valence-electron chi connectivity index (χ2n) is 7.82. The van der Waals surface area contributed by atoms with Crippen LogP contribution in [0.1, 0.15) is 24.1 Å². The number of anilines is 1. The molecular formula is C21H19F3N4O3. The van der Waals surface area contributed by atoms with Crippen LogP contribution in [-0.4, -0.2) is 47.1 Å². The van der Waals surface area contributed by atoms with Crippen molar-refractivity contribution < 1.29 is 26.9 Å². The van der Waals surface area contributed by atoms with Gasteiger partial charge in [-0.15, -0.1) is 0 Å². The van der Waals surface area contributed by atoms with Crippen LogP contribution in [0.15, 0.2) is 51.7 Å². The molecule has 2 aliphatic rings. The Morgan fingerprint density at radius 1 is 1.06 bits per heavy atom. The van der Waals surface area contributed by atoms with Crippen molar-refractivity contribution in [2.45, 2.75) is 24.4 Å². The molecule has 0 aromatic carbocycles. The smallest absolute Gasteiger partial charge is 0.417 e. The Morgan fingerprint density at radius 2 is 1.84 bits per heavy atom. The van der Waals surface area contributed by atoms with Gasteiger partial charge < -0.3 is 18.7 Å². The molecule has 1 saturated carbocycles. The third-order valence-corrected chi connectivity index (χ3v) is 5.89. The van der Waals surface area contributed by atoms with Gasteiger partial charge in [0.05, 0.1) is 22.9 Å². The summed E-state index contributed by atoms with van der Waals surface area (Å²) >= 11 is 0. The van der Waals surface area contributed by atoms with Crippen molar-refractivity contribution in [2.24, 2.45) is 0 Å². The molecule has 7 nitrogen and oxygen atoms in total. The van der Waals surface area contributed by atoms with Crippen LogP contribution in [0.5, 0.6) is 0 Å². The maximum atomic E-state index is 13.2. The van der Waals surface area contributed by atoms with E-state index in [-0.39, 0.29) is 5.91 Å². The molecule has 1 aliphatic heterocycles. The number of halogens is 3. The molecule has 0 atom stereocenters. The minimum Gasteiger partial charge on any atom is -0.461 e. The highest BCUT2D eigenvalue weighted by atomic mass is 19.4. The highest BCUT2D eigenvalue weighted by Crippen LogP contribution is 2.50. The first-order valence-electron chi connectivity index (χ1n) is 9.95. The Bertz CT molecular complexity index is 1060. The van der Waals surface area contributed by atoms with E-state index < -0.39 is 17.2 Å². The normalized spacial score (nSPS) is 18.3. The summed E-state index contributed by atoms with van der Waals surface area (Å²) in [5.74, 6) is 1.52. The van der Waals surface area contributed by atoms with Crippen LogP contribution >= 0.6 is 0 Å². The quantitative estimate of drug-likeness (QED) is 0.626. The number of hydrogen-bond acceptors (Lipinski definition) is 6. The van der Waals surface area contributed by atoms with Crippen molar-refractivity contribution >= 4 is 11.7 Å². The first-order chi connectivity index (χ1) is 14.9. The van der Waals surface area contributed by atoms with Gasteiger partial charge in [-0.1, -0.05) is 5.16 Å². The number of piperazine rings is 1. The summed E-state index contributed by atoms with van der Waals surface area (Å²) in [6.07, 6.45) is -0.617. The van der Waals surface area contributed by atoms with E-state index in [1.54, 1.807) is 29.4 Å².